The Bertz CT molecular complexity index is 386. The zero-order chi connectivity index (χ0) is 13.1. The monoisotopic (exact) mass is 304 g/mol. The lowest BCUT2D eigenvalue weighted by molar-refractivity contribution is -0.163. The second-order valence-electron chi connectivity index (χ2n) is 2.99. The second kappa shape index (κ2) is 5.94. The van der Waals surface area contributed by atoms with Gasteiger partial charge in [-0.15, -0.1) is 0 Å². The molecule has 0 saturated carbocycles. The first-order valence-electron chi connectivity index (χ1n) is 4.64. The van der Waals surface area contributed by atoms with E-state index in [2.05, 4.69) is 4.74 Å². The van der Waals surface area contributed by atoms with E-state index in [4.69, 9.17) is 39.5 Å². The molecule has 2 nitrogen and oxygen atoms in total. The highest BCUT2D eigenvalue weighted by Gasteiger charge is 2.40. The smallest absolute Gasteiger partial charge is 0.428 e. The molecular formula is C10H9Cl3F2O2. The summed E-state index contributed by atoms with van der Waals surface area (Å²) < 4.78 is 35.7. The summed E-state index contributed by atoms with van der Waals surface area (Å²) in [5.74, 6) is 0.243. The molecule has 0 radical (unpaired) electrons. The molecule has 0 bridgehead atoms. The van der Waals surface area contributed by atoms with Gasteiger partial charge < -0.3 is 9.47 Å². The number of ether oxygens (including phenoxy) is 2. The summed E-state index contributed by atoms with van der Waals surface area (Å²) in [6, 6.07) is 4.09. The van der Waals surface area contributed by atoms with Gasteiger partial charge in [0.15, 0.2) is 0 Å². The second-order valence-corrected chi connectivity index (χ2v) is 4.49. The van der Waals surface area contributed by atoms with E-state index in [0.29, 0.717) is 12.4 Å². The molecule has 7 heteroatoms. The summed E-state index contributed by atoms with van der Waals surface area (Å²) in [5.41, 5.74) is 0. The van der Waals surface area contributed by atoms with Gasteiger partial charge in [-0.05, 0) is 19.1 Å². The van der Waals surface area contributed by atoms with Gasteiger partial charge in [0, 0.05) is 6.07 Å². The Labute approximate surface area is 112 Å². The third kappa shape index (κ3) is 4.05. The number of alkyl halides is 4. The lowest BCUT2D eigenvalue weighted by Crippen LogP contribution is -2.32. The van der Waals surface area contributed by atoms with E-state index in [1.807, 2.05) is 0 Å². The molecule has 0 unspecified atom stereocenters. The third-order valence-corrected chi connectivity index (χ3v) is 2.52. The number of hydrogen-bond acceptors (Lipinski definition) is 2. The van der Waals surface area contributed by atoms with Crippen molar-refractivity contribution >= 4 is 34.8 Å². The van der Waals surface area contributed by atoms with Crippen LogP contribution in [-0.2, 0) is 0 Å². The van der Waals surface area contributed by atoms with Gasteiger partial charge in [-0.25, -0.2) is 0 Å². The van der Waals surface area contributed by atoms with Gasteiger partial charge in [-0.2, -0.15) is 8.78 Å². The van der Waals surface area contributed by atoms with Crippen LogP contribution in [0.4, 0.5) is 8.78 Å². The molecule has 1 aromatic carbocycles. The van der Waals surface area contributed by atoms with Gasteiger partial charge in [0.25, 0.3) is 0 Å². The summed E-state index contributed by atoms with van der Waals surface area (Å²) in [6.45, 7) is 2.23. The average molecular weight is 306 g/mol. The predicted octanol–water partition coefficient (Wildman–Crippen LogP) is 4.51. The van der Waals surface area contributed by atoms with Crippen LogP contribution in [0.3, 0.4) is 0 Å². The fourth-order valence-electron chi connectivity index (χ4n) is 1.01. The summed E-state index contributed by atoms with van der Waals surface area (Å²) in [4.78, 5) is -1.98. The van der Waals surface area contributed by atoms with Crippen LogP contribution in [0.5, 0.6) is 11.5 Å². The van der Waals surface area contributed by atoms with Crippen LogP contribution in [0.15, 0.2) is 18.2 Å². The van der Waals surface area contributed by atoms with E-state index in [0.717, 1.165) is 0 Å². The van der Waals surface area contributed by atoms with E-state index in [-0.39, 0.29) is 10.8 Å². The topological polar surface area (TPSA) is 18.5 Å². The molecule has 0 heterocycles. The minimum atomic E-state index is -3.71. The van der Waals surface area contributed by atoms with Gasteiger partial charge in [-0.3, -0.25) is 0 Å². The molecule has 0 aliphatic rings. The van der Waals surface area contributed by atoms with Crippen LogP contribution in [-0.4, -0.2) is 17.6 Å². The van der Waals surface area contributed by atoms with Crippen molar-refractivity contribution < 1.29 is 18.3 Å². The van der Waals surface area contributed by atoms with Crippen LogP contribution in [0.2, 0.25) is 5.02 Å². The zero-order valence-electron chi connectivity index (χ0n) is 8.72. The van der Waals surface area contributed by atoms with Crippen LogP contribution in [0.25, 0.3) is 0 Å². The molecular weight excluding hydrogens is 296 g/mol. The van der Waals surface area contributed by atoms with Crippen LogP contribution < -0.4 is 9.47 Å². The fourth-order valence-corrected chi connectivity index (χ4v) is 1.31. The lowest BCUT2D eigenvalue weighted by atomic mass is 10.3. The number of benzene rings is 1. The Morgan fingerprint density at radius 1 is 1.35 bits per heavy atom. The maximum Gasteiger partial charge on any atom is 0.428 e. The first-order chi connectivity index (χ1) is 7.86. The van der Waals surface area contributed by atoms with Gasteiger partial charge in [0.1, 0.15) is 11.5 Å². The van der Waals surface area contributed by atoms with Gasteiger partial charge in [0.05, 0.1) is 11.6 Å². The van der Waals surface area contributed by atoms with Crippen molar-refractivity contribution in [3.8, 4) is 11.5 Å². The Balaban J connectivity index is 2.86. The highest BCUT2D eigenvalue weighted by Crippen LogP contribution is 2.35. The maximum absolute atomic E-state index is 13.1. The predicted molar refractivity (Wildman–Crippen MR) is 63.7 cm³/mol. The molecule has 0 atom stereocenters. The summed E-state index contributed by atoms with van der Waals surface area (Å²) in [6.07, 6.45) is -3.71. The molecule has 0 aliphatic carbocycles. The Morgan fingerprint density at radius 2 is 2.00 bits per heavy atom. The minimum Gasteiger partial charge on any atom is -0.494 e. The quantitative estimate of drug-likeness (QED) is 0.745. The summed E-state index contributed by atoms with van der Waals surface area (Å²) >= 11 is 15.9. The molecule has 0 saturated heterocycles. The first kappa shape index (κ1) is 14.6. The Kier molecular flexibility index (Phi) is 5.10. The molecule has 17 heavy (non-hydrogen) atoms. The molecule has 0 fully saturated rings. The van der Waals surface area contributed by atoms with Crippen LogP contribution >= 0.6 is 34.8 Å². The molecule has 1 rings (SSSR count). The highest BCUT2D eigenvalue weighted by atomic mass is 35.5. The highest BCUT2D eigenvalue weighted by molar-refractivity contribution is 6.44. The molecule has 0 amide bonds. The van der Waals surface area contributed by atoms with E-state index >= 15 is 0 Å². The van der Waals surface area contributed by atoms with Crippen molar-refractivity contribution in [2.75, 3.05) is 6.61 Å². The number of rotatable bonds is 5. The normalized spacial score (nSPS) is 11.7. The van der Waals surface area contributed by atoms with E-state index < -0.39 is 10.9 Å². The van der Waals surface area contributed by atoms with Crippen molar-refractivity contribution in [2.24, 2.45) is 0 Å². The Hall–Kier alpha value is -0.450. The largest absolute Gasteiger partial charge is 0.494 e. The molecule has 1 aromatic rings. The van der Waals surface area contributed by atoms with Gasteiger partial charge in [-0.1, -0.05) is 34.8 Å². The standard InChI is InChI=1S/C10H9Cl3F2O2/c1-2-16-6-3-4-8(7(11)5-6)17-10(14,15)9(12)13/h3-5,9H,2H2,1H3. The summed E-state index contributed by atoms with van der Waals surface area (Å²) in [5, 5.41) is -0.00962. The summed E-state index contributed by atoms with van der Waals surface area (Å²) in [7, 11) is 0. The maximum atomic E-state index is 13.1. The van der Waals surface area contributed by atoms with Gasteiger partial charge in [0.2, 0.25) is 4.84 Å². The van der Waals surface area contributed by atoms with Crippen molar-refractivity contribution in [1.29, 1.82) is 0 Å². The zero-order valence-corrected chi connectivity index (χ0v) is 11.0. The van der Waals surface area contributed by atoms with Crippen LogP contribution in [0, 0.1) is 0 Å². The van der Waals surface area contributed by atoms with E-state index in [9.17, 15) is 8.78 Å². The van der Waals surface area contributed by atoms with Crippen molar-refractivity contribution in [3.05, 3.63) is 23.2 Å². The SMILES string of the molecule is CCOc1ccc(OC(F)(F)C(Cl)Cl)c(Cl)c1. The van der Waals surface area contributed by atoms with E-state index in [1.165, 1.54) is 18.2 Å². The number of hydrogen-bond donors (Lipinski definition) is 0. The van der Waals surface area contributed by atoms with Crippen molar-refractivity contribution in [1.82, 2.24) is 0 Å². The third-order valence-electron chi connectivity index (χ3n) is 1.71. The molecule has 0 N–H and O–H groups in total. The first-order valence-corrected chi connectivity index (χ1v) is 5.89. The fraction of sp³-hybridized carbons (Fsp3) is 0.400. The van der Waals surface area contributed by atoms with Crippen LogP contribution in [0.1, 0.15) is 6.92 Å². The molecule has 0 aliphatic heterocycles. The number of halogens is 5. The Morgan fingerprint density at radius 3 is 2.47 bits per heavy atom. The average Bonchev–Trinajstić information content (AvgIpc) is 2.22. The lowest BCUT2D eigenvalue weighted by Gasteiger charge is -2.19. The molecule has 0 spiro atoms. The van der Waals surface area contributed by atoms with Crippen molar-refractivity contribution in [2.45, 2.75) is 17.9 Å². The van der Waals surface area contributed by atoms with E-state index in [1.54, 1.807) is 6.92 Å². The van der Waals surface area contributed by atoms with Crippen molar-refractivity contribution in [3.63, 3.8) is 0 Å². The van der Waals surface area contributed by atoms with Gasteiger partial charge >= 0.3 is 6.11 Å². The molecule has 0 aromatic heterocycles. The minimum absolute atomic E-state index is 0.00962. The molecule has 96 valence electrons.